The lowest BCUT2D eigenvalue weighted by Crippen LogP contribution is -2.44. The Morgan fingerprint density at radius 2 is 1.78 bits per heavy atom. The van der Waals surface area contributed by atoms with Crippen molar-refractivity contribution in [2.45, 2.75) is 117 Å². The number of rotatable bonds is 11. The molecule has 1 heterocycles. The van der Waals surface area contributed by atoms with Crippen LogP contribution in [0, 0.1) is 0 Å². The van der Waals surface area contributed by atoms with E-state index >= 15 is 0 Å². The van der Waals surface area contributed by atoms with Gasteiger partial charge in [-0.05, 0) is 71.5 Å². The van der Waals surface area contributed by atoms with Gasteiger partial charge < -0.3 is 13.9 Å². The molecule has 0 aromatic heterocycles. The zero-order chi connectivity index (χ0) is 26.4. The van der Waals surface area contributed by atoms with Crippen molar-refractivity contribution in [1.82, 2.24) is 0 Å². The van der Waals surface area contributed by atoms with Crippen LogP contribution in [0.3, 0.4) is 0 Å². The number of ether oxygens (including phenoxy) is 2. The Morgan fingerprint density at radius 3 is 2.34 bits per heavy atom. The molecule has 0 aromatic rings. The third-order valence-corrected chi connectivity index (χ3v) is 9.95. The van der Waals surface area contributed by atoms with E-state index < -0.39 is 38.5 Å². The van der Waals surface area contributed by atoms with E-state index in [0.717, 1.165) is 12.8 Å². The molecule has 1 aliphatic rings. The molecule has 0 saturated carbocycles. The van der Waals surface area contributed by atoms with Crippen molar-refractivity contribution in [3.05, 3.63) is 35.5 Å². The number of cyclic esters (lactones) is 1. The maximum Gasteiger partial charge on any atom is 0.337 e. The number of hydrogen-bond donors (Lipinski definition) is 0. The van der Waals surface area contributed by atoms with Gasteiger partial charge in [0.15, 0.2) is 8.32 Å². The lowest BCUT2D eigenvalue weighted by molar-refractivity contribution is -0.157. The van der Waals surface area contributed by atoms with Gasteiger partial charge in [0.2, 0.25) is 6.29 Å². The summed E-state index contributed by atoms with van der Waals surface area (Å²) in [5.74, 6) is -1.11. The van der Waals surface area contributed by atoms with Crippen molar-refractivity contribution in [2.24, 2.45) is 0 Å². The van der Waals surface area contributed by atoms with Crippen LogP contribution in [0.15, 0.2) is 35.5 Å². The Morgan fingerprint density at radius 1 is 1.12 bits per heavy atom. The van der Waals surface area contributed by atoms with E-state index in [-0.39, 0.29) is 23.5 Å². The van der Waals surface area contributed by atoms with E-state index in [1.807, 2.05) is 19.1 Å². The van der Waals surface area contributed by atoms with Crippen LogP contribution in [0.5, 0.6) is 0 Å². The molecule has 0 saturated heterocycles. The van der Waals surface area contributed by atoms with Crippen molar-refractivity contribution in [3.63, 3.8) is 0 Å². The molecule has 0 amide bonds. The van der Waals surface area contributed by atoms with Gasteiger partial charge >= 0.3 is 11.9 Å². The third-order valence-electron chi connectivity index (χ3n) is 5.53. The zero-order valence-electron chi connectivity index (χ0n) is 23.5. The van der Waals surface area contributed by atoms with Crippen molar-refractivity contribution in [2.75, 3.05) is 0 Å². The number of hydrogen-bond acceptors (Lipinski definition) is 5. The van der Waals surface area contributed by atoms with Crippen LogP contribution in [0.25, 0.3) is 0 Å². The smallest absolute Gasteiger partial charge is 0.337 e. The first-order valence-corrected chi connectivity index (χ1v) is 14.4. The minimum atomic E-state index is -2.29. The van der Waals surface area contributed by atoms with E-state index in [2.05, 4.69) is 33.9 Å². The molecule has 1 aliphatic heterocycles. The van der Waals surface area contributed by atoms with Crippen LogP contribution < -0.4 is 0 Å². The minimum absolute atomic E-state index is 0.105. The molecule has 0 fully saturated rings. The predicted molar refractivity (Wildman–Crippen MR) is 133 cm³/mol. The minimum Gasteiger partial charge on any atom is -0.460 e. The van der Waals surface area contributed by atoms with Crippen LogP contribution in [-0.2, 0) is 23.5 Å². The second-order valence-corrected chi connectivity index (χ2v) is 15.4. The summed E-state index contributed by atoms with van der Waals surface area (Å²) in [5, 5.41) is -0.105. The van der Waals surface area contributed by atoms with Gasteiger partial charge in [-0.3, -0.25) is 4.79 Å². The molecule has 0 spiro atoms. The Kier molecular flexibility index (Phi) is 9.35. The second-order valence-electron chi connectivity index (χ2n) is 10.6. The van der Waals surface area contributed by atoms with Crippen molar-refractivity contribution < 1.29 is 26.2 Å². The number of unbranched alkanes of at least 4 members (excludes halogenated alkanes) is 1. The highest BCUT2D eigenvalue weighted by Crippen LogP contribution is 2.40. The molecule has 6 heteroatoms. The fourth-order valence-corrected chi connectivity index (χ4v) is 3.85. The van der Waals surface area contributed by atoms with E-state index in [1.54, 1.807) is 32.9 Å². The van der Waals surface area contributed by atoms with Crippen molar-refractivity contribution in [1.29, 1.82) is 0 Å². The molecule has 32 heavy (non-hydrogen) atoms. The fraction of sp³-hybridized carbons (Fsp3) is 0.692. The normalized spacial score (nSPS) is 19.5. The second kappa shape index (κ2) is 12.0. The quantitative estimate of drug-likeness (QED) is 0.142. The lowest BCUT2D eigenvalue weighted by Gasteiger charge is -2.38. The maximum absolute atomic E-state index is 12.7. The molecular formula is C26H44O5Si. The van der Waals surface area contributed by atoms with E-state index in [1.165, 1.54) is 0 Å². The molecule has 0 radical (unpaired) electrons. The Balaban J connectivity index is 3.17. The highest BCUT2D eigenvalue weighted by molar-refractivity contribution is 6.74. The molecule has 182 valence electrons. The summed E-state index contributed by atoms with van der Waals surface area (Å²) in [5.41, 5.74) is 0.0178. The summed E-state index contributed by atoms with van der Waals surface area (Å²) in [6.45, 7) is 17.7. The van der Waals surface area contributed by atoms with Gasteiger partial charge in [0.1, 0.15) is 5.60 Å². The Labute approximate surface area is 199 Å². The molecule has 1 atom stereocenters. The average molecular weight is 467 g/mol. The van der Waals surface area contributed by atoms with E-state index in [4.69, 9.17) is 16.6 Å². The van der Waals surface area contributed by atoms with Gasteiger partial charge in [0, 0.05) is 8.31 Å². The number of carbonyl (C=O) groups is 2. The summed E-state index contributed by atoms with van der Waals surface area (Å²) in [4.78, 5) is 25.2. The molecule has 0 bridgehead atoms. The van der Waals surface area contributed by atoms with Crippen LogP contribution in [0.2, 0.25) is 18.1 Å². The topological polar surface area (TPSA) is 61.8 Å². The summed E-state index contributed by atoms with van der Waals surface area (Å²) in [6, 6.07) is 0. The monoisotopic (exact) mass is 466 g/mol. The lowest BCUT2D eigenvalue weighted by atomic mass is 10.0. The number of carbonyl (C=O) groups excluding carboxylic acids is 2. The summed E-state index contributed by atoms with van der Waals surface area (Å²) < 4.78 is 33.9. The Hall–Kier alpha value is -1.66. The standard InChI is InChI=1S/C26H44O5Si/c1-10-11-12-13-14-15-16-17-18-20-21(19-22(27)30-25(2,3)4)23(28)29-24(20)31-32(8,9)26(5,6)7/h10-11,17-18,24H,12-16,19H2,1-9H3/b11-10+,18-17+/i15D2. The van der Waals surface area contributed by atoms with Crippen LogP contribution in [0.4, 0.5) is 0 Å². The molecule has 0 aromatic carbocycles. The summed E-state index contributed by atoms with van der Waals surface area (Å²) in [7, 11) is -2.29. The largest absolute Gasteiger partial charge is 0.460 e. The van der Waals surface area contributed by atoms with Gasteiger partial charge in [0.25, 0.3) is 0 Å². The van der Waals surface area contributed by atoms with Gasteiger partial charge in [-0.15, -0.1) is 0 Å². The van der Waals surface area contributed by atoms with Crippen molar-refractivity contribution in [3.8, 4) is 0 Å². The average Bonchev–Trinajstić information content (AvgIpc) is 2.90. The summed E-state index contributed by atoms with van der Waals surface area (Å²) >= 11 is 0. The van der Waals surface area contributed by atoms with Crippen LogP contribution in [-0.4, -0.2) is 32.1 Å². The number of allylic oxidation sites excluding steroid dienone is 3. The maximum atomic E-state index is 12.7. The third kappa shape index (κ3) is 9.45. The molecule has 0 aliphatic carbocycles. The molecular weight excluding hydrogens is 420 g/mol. The van der Waals surface area contributed by atoms with Gasteiger partial charge in [-0.25, -0.2) is 4.79 Å². The predicted octanol–water partition coefficient (Wildman–Crippen LogP) is 7.00. The molecule has 1 unspecified atom stereocenters. The van der Waals surface area contributed by atoms with Gasteiger partial charge in [-0.1, -0.05) is 51.5 Å². The highest BCUT2D eigenvalue weighted by Gasteiger charge is 2.44. The highest BCUT2D eigenvalue weighted by atomic mass is 28.4. The first kappa shape index (κ1) is 25.0. The van der Waals surface area contributed by atoms with Crippen LogP contribution in [0.1, 0.15) is 89.7 Å². The van der Waals surface area contributed by atoms with E-state index in [9.17, 15) is 9.59 Å². The molecule has 1 rings (SSSR count). The van der Waals surface area contributed by atoms with Crippen molar-refractivity contribution >= 4 is 20.3 Å². The molecule has 5 nitrogen and oxygen atoms in total. The van der Waals surface area contributed by atoms with E-state index in [0.29, 0.717) is 12.0 Å². The first-order valence-electron chi connectivity index (χ1n) is 12.5. The van der Waals surface area contributed by atoms with Gasteiger partial charge in [0.05, 0.1) is 12.0 Å². The number of esters is 2. The fourth-order valence-electron chi connectivity index (χ4n) is 2.78. The SMILES string of the molecule is [2H]C([2H])(C/C=C/C1=C(CC(=O)OC(C)(C)C)C(=O)OC1O[Si](C)(C)C(C)(C)C)CCC/C=C/C. The molecule has 0 N–H and O–H groups in total. The van der Waals surface area contributed by atoms with Crippen LogP contribution >= 0.6 is 0 Å². The Bertz CT molecular complexity index is 814. The zero-order valence-corrected chi connectivity index (χ0v) is 22.5. The van der Waals surface area contributed by atoms with Gasteiger partial charge in [-0.2, -0.15) is 0 Å². The summed E-state index contributed by atoms with van der Waals surface area (Å²) in [6.07, 6.45) is 7.12. The first-order chi connectivity index (χ1) is 15.4.